The summed E-state index contributed by atoms with van der Waals surface area (Å²) in [7, 11) is -3.78. The molecule has 2 heterocycles. The van der Waals surface area contributed by atoms with Gasteiger partial charge in [0.25, 0.3) is 0 Å². The van der Waals surface area contributed by atoms with E-state index in [-0.39, 0.29) is 17.4 Å². The average Bonchev–Trinajstić information content (AvgIpc) is 3.24. The Morgan fingerprint density at radius 2 is 1.71 bits per heavy atom. The summed E-state index contributed by atoms with van der Waals surface area (Å²) in [6.07, 6.45) is 2.24. The van der Waals surface area contributed by atoms with Gasteiger partial charge in [-0.15, -0.1) is 12.4 Å². The molecule has 5 rings (SSSR count). The van der Waals surface area contributed by atoms with Gasteiger partial charge in [-0.2, -0.15) is 5.10 Å². The molecular weight excluding hydrogens is 432 g/mol. The summed E-state index contributed by atoms with van der Waals surface area (Å²) in [5.41, 5.74) is 1.45. The number of halogens is 1. The zero-order chi connectivity index (χ0) is 20.6. The molecule has 0 saturated carbocycles. The number of hydrogen-bond acceptors (Lipinski definition) is 5. The molecule has 3 aromatic carbocycles. The van der Waals surface area contributed by atoms with Gasteiger partial charge in [-0.3, -0.25) is 5.10 Å². The summed E-state index contributed by atoms with van der Waals surface area (Å²) in [6.45, 7) is 2.88. The van der Waals surface area contributed by atoms with E-state index in [1.165, 1.54) is 0 Å². The summed E-state index contributed by atoms with van der Waals surface area (Å²) in [4.78, 5) is 0.291. The van der Waals surface area contributed by atoms with Crippen molar-refractivity contribution in [3.05, 3.63) is 60.7 Å². The highest BCUT2D eigenvalue weighted by atomic mass is 35.5. The van der Waals surface area contributed by atoms with Gasteiger partial charge in [0.15, 0.2) is 5.03 Å². The first-order chi connectivity index (χ1) is 14.6. The standard InChI is InChI=1S/C23H24N4O2S.ClH/c28-30(29,21-10-3-6-17-5-1-2-7-18(17)21)23-22-19(8-4-9-20(22)26-27-23)25-15-16-11-13-24-14-12-16;/h1-10,16,24-25H,11-15H2,(H,26,27);1H. The van der Waals surface area contributed by atoms with E-state index < -0.39 is 9.84 Å². The molecule has 0 amide bonds. The van der Waals surface area contributed by atoms with Crippen molar-refractivity contribution in [2.24, 2.45) is 5.92 Å². The molecule has 1 aliphatic rings. The van der Waals surface area contributed by atoms with E-state index in [1.807, 2.05) is 48.5 Å². The van der Waals surface area contributed by atoms with E-state index in [2.05, 4.69) is 20.8 Å². The van der Waals surface area contributed by atoms with Crippen molar-refractivity contribution < 1.29 is 8.42 Å². The Hall–Kier alpha value is -2.61. The molecule has 0 aliphatic carbocycles. The van der Waals surface area contributed by atoms with Crippen LogP contribution >= 0.6 is 12.4 Å². The molecule has 6 nitrogen and oxygen atoms in total. The first-order valence-corrected chi connectivity index (χ1v) is 11.8. The number of fused-ring (bicyclic) bond motifs is 2. The maximum atomic E-state index is 13.7. The minimum Gasteiger partial charge on any atom is -0.384 e. The number of aromatic amines is 1. The summed E-state index contributed by atoms with van der Waals surface area (Å²) in [5.74, 6) is 0.575. The molecule has 1 aliphatic heterocycles. The fourth-order valence-corrected chi connectivity index (χ4v) is 5.86. The van der Waals surface area contributed by atoms with Crippen molar-refractivity contribution in [2.45, 2.75) is 22.8 Å². The SMILES string of the molecule is Cl.O=S(=O)(c1cccc2ccccc12)c1[nH]nc2cccc(NCC3CCNCC3)c12. The minimum atomic E-state index is -3.78. The maximum Gasteiger partial charge on any atom is 0.224 e. The van der Waals surface area contributed by atoms with E-state index in [9.17, 15) is 8.42 Å². The number of nitrogens with one attached hydrogen (secondary N) is 3. The molecule has 0 bridgehead atoms. The van der Waals surface area contributed by atoms with Crippen molar-refractivity contribution in [3.63, 3.8) is 0 Å². The van der Waals surface area contributed by atoms with E-state index in [4.69, 9.17) is 0 Å². The molecule has 1 aromatic heterocycles. The van der Waals surface area contributed by atoms with Gasteiger partial charge in [0.05, 0.1) is 15.8 Å². The lowest BCUT2D eigenvalue weighted by atomic mass is 9.98. The smallest absolute Gasteiger partial charge is 0.224 e. The third-order valence-electron chi connectivity index (χ3n) is 5.90. The Kier molecular flexibility index (Phi) is 6.18. The van der Waals surface area contributed by atoms with Crippen molar-refractivity contribution in [2.75, 3.05) is 25.0 Å². The quantitative estimate of drug-likeness (QED) is 0.414. The van der Waals surface area contributed by atoms with Crippen molar-refractivity contribution >= 4 is 49.6 Å². The molecule has 0 unspecified atom stereocenters. The van der Waals surface area contributed by atoms with E-state index in [0.717, 1.165) is 43.5 Å². The van der Waals surface area contributed by atoms with E-state index in [1.54, 1.807) is 12.1 Å². The van der Waals surface area contributed by atoms with Gasteiger partial charge in [0.2, 0.25) is 9.84 Å². The lowest BCUT2D eigenvalue weighted by Gasteiger charge is -2.23. The molecule has 162 valence electrons. The second-order valence-corrected chi connectivity index (χ2v) is 9.66. The Labute approximate surface area is 187 Å². The van der Waals surface area contributed by atoms with Gasteiger partial charge in [0, 0.05) is 17.6 Å². The topological polar surface area (TPSA) is 86.9 Å². The number of piperidine rings is 1. The van der Waals surface area contributed by atoms with Gasteiger partial charge >= 0.3 is 0 Å². The Balaban J connectivity index is 0.00000231. The second kappa shape index (κ2) is 8.86. The van der Waals surface area contributed by atoms with Crippen LogP contribution in [0, 0.1) is 5.92 Å². The Bertz CT molecular complexity index is 1310. The Morgan fingerprint density at radius 1 is 0.968 bits per heavy atom. The molecule has 0 atom stereocenters. The third kappa shape index (κ3) is 4.01. The number of nitrogens with zero attached hydrogens (tertiary/aromatic N) is 1. The van der Waals surface area contributed by atoms with E-state index in [0.29, 0.717) is 27.1 Å². The van der Waals surface area contributed by atoms with Gasteiger partial charge in [-0.25, -0.2) is 8.42 Å². The number of anilines is 1. The van der Waals surface area contributed by atoms with Crippen LogP contribution in [0.15, 0.2) is 70.6 Å². The van der Waals surface area contributed by atoms with Crippen LogP contribution in [0.3, 0.4) is 0 Å². The summed E-state index contributed by atoms with van der Waals surface area (Å²) in [5, 5.41) is 16.3. The fourth-order valence-electron chi connectivity index (χ4n) is 4.26. The zero-order valence-corrected chi connectivity index (χ0v) is 18.6. The van der Waals surface area contributed by atoms with Gasteiger partial charge in [-0.1, -0.05) is 42.5 Å². The zero-order valence-electron chi connectivity index (χ0n) is 17.0. The third-order valence-corrected chi connectivity index (χ3v) is 7.66. The lowest BCUT2D eigenvalue weighted by molar-refractivity contribution is 0.390. The molecule has 0 spiro atoms. The molecular formula is C23H25ClN4O2S. The molecule has 4 aromatic rings. The van der Waals surface area contributed by atoms with Crippen molar-refractivity contribution in [1.82, 2.24) is 15.5 Å². The molecule has 0 radical (unpaired) electrons. The average molecular weight is 457 g/mol. The predicted octanol–water partition coefficient (Wildman–Crippen LogP) is 4.38. The van der Waals surface area contributed by atoms with Crippen LogP contribution in [-0.4, -0.2) is 38.2 Å². The summed E-state index contributed by atoms with van der Waals surface area (Å²) in [6, 6.07) is 18.6. The number of rotatable bonds is 5. The fraction of sp³-hybridized carbons (Fsp3) is 0.261. The van der Waals surface area contributed by atoms with Crippen molar-refractivity contribution in [1.29, 1.82) is 0 Å². The lowest BCUT2D eigenvalue weighted by Crippen LogP contribution is -2.31. The van der Waals surface area contributed by atoms with Crippen molar-refractivity contribution in [3.8, 4) is 0 Å². The number of H-pyrrole nitrogens is 1. The highest BCUT2D eigenvalue weighted by Crippen LogP contribution is 2.34. The Morgan fingerprint density at radius 3 is 2.55 bits per heavy atom. The number of aromatic nitrogens is 2. The first kappa shape index (κ1) is 21.6. The second-order valence-electron chi connectivity index (χ2n) is 7.81. The predicted molar refractivity (Wildman–Crippen MR) is 127 cm³/mol. The summed E-state index contributed by atoms with van der Waals surface area (Å²) >= 11 is 0. The van der Waals surface area contributed by atoms with Crippen LogP contribution in [-0.2, 0) is 9.84 Å². The molecule has 1 fully saturated rings. The van der Waals surface area contributed by atoms with Crippen LogP contribution in [0.4, 0.5) is 5.69 Å². The molecule has 1 saturated heterocycles. The van der Waals surface area contributed by atoms with Crippen LogP contribution in [0.25, 0.3) is 21.7 Å². The number of benzene rings is 3. The molecule has 8 heteroatoms. The normalized spacial score (nSPS) is 15.1. The van der Waals surface area contributed by atoms with Gasteiger partial charge in [-0.05, 0) is 55.4 Å². The molecule has 31 heavy (non-hydrogen) atoms. The highest BCUT2D eigenvalue weighted by Gasteiger charge is 2.26. The first-order valence-electron chi connectivity index (χ1n) is 10.3. The van der Waals surface area contributed by atoms with Crippen LogP contribution in [0.1, 0.15) is 12.8 Å². The maximum absolute atomic E-state index is 13.7. The number of sulfone groups is 1. The largest absolute Gasteiger partial charge is 0.384 e. The van der Waals surface area contributed by atoms with Gasteiger partial charge < -0.3 is 10.6 Å². The summed E-state index contributed by atoms with van der Waals surface area (Å²) < 4.78 is 27.3. The van der Waals surface area contributed by atoms with Crippen LogP contribution in [0.2, 0.25) is 0 Å². The van der Waals surface area contributed by atoms with E-state index >= 15 is 0 Å². The highest BCUT2D eigenvalue weighted by molar-refractivity contribution is 7.91. The molecule has 3 N–H and O–H groups in total. The monoisotopic (exact) mass is 456 g/mol. The van der Waals surface area contributed by atoms with Gasteiger partial charge in [0.1, 0.15) is 0 Å². The minimum absolute atomic E-state index is 0. The van der Waals surface area contributed by atoms with Crippen LogP contribution < -0.4 is 10.6 Å². The number of hydrogen-bond donors (Lipinski definition) is 3. The van der Waals surface area contributed by atoms with Crippen LogP contribution in [0.5, 0.6) is 0 Å².